The summed E-state index contributed by atoms with van der Waals surface area (Å²) in [5.74, 6) is 0.806. The molecule has 0 unspecified atom stereocenters. The van der Waals surface area contributed by atoms with Gasteiger partial charge in [0.2, 0.25) is 0 Å². The van der Waals surface area contributed by atoms with Crippen molar-refractivity contribution in [3.05, 3.63) is 0 Å². The van der Waals surface area contributed by atoms with Crippen molar-refractivity contribution in [1.82, 2.24) is 5.32 Å². The molecule has 0 aliphatic carbocycles. The summed E-state index contributed by atoms with van der Waals surface area (Å²) in [5.41, 5.74) is 0. The van der Waals surface area contributed by atoms with Gasteiger partial charge < -0.3 is 14.8 Å². The molecule has 0 aromatic carbocycles. The number of alkyl carbamates (subject to hydrolysis) is 1. The predicted octanol–water partition coefficient (Wildman–Crippen LogP) is 3.21. The fraction of sp³-hybridized carbons (Fsp3) is 0.923. The molecule has 0 heterocycles. The normalized spacial score (nSPS) is 9.53. The van der Waals surface area contributed by atoms with Gasteiger partial charge in [-0.3, -0.25) is 0 Å². The van der Waals surface area contributed by atoms with Gasteiger partial charge in [0.1, 0.15) is 0 Å². The first-order valence-electron chi connectivity index (χ1n) is 6.49. The zero-order valence-electron chi connectivity index (χ0n) is 12.0. The Kier molecular flexibility index (Phi) is 16.7. The van der Waals surface area contributed by atoms with E-state index in [2.05, 4.69) is 23.9 Å². The highest BCUT2D eigenvalue weighted by atomic mass is 16.5. The Balaban J connectivity index is 0. The van der Waals surface area contributed by atoms with Crippen LogP contribution in [0.1, 0.15) is 46.5 Å². The van der Waals surface area contributed by atoms with Gasteiger partial charge >= 0.3 is 6.09 Å². The lowest BCUT2D eigenvalue weighted by molar-refractivity contribution is 0.142. The number of hydrogen-bond donors (Lipinski definition) is 1. The third-order valence-electron chi connectivity index (χ3n) is 2.28. The van der Waals surface area contributed by atoms with Crippen LogP contribution in [0.2, 0.25) is 0 Å². The van der Waals surface area contributed by atoms with E-state index in [1.54, 1.807) is 14.0 Å². The molecule has 0 saturated carbocycles. The van der Waals surface area contributed by atoms with Crippen molar-refractivity contribution in [2.75, 3.05) is 27.4 Å². The van der Waals surface area contributed by atoms with Gasteiger partial charge in [-0.1, -0.05) is 26.7 Å². The maximum atomic E-state index is 10.1. The van der Waals surface area contributed by atoms with Crippen molar-refractivity contribution < 1.29 is 14.3 Å². The second-order valence-corrected chi connectivity index (χ2v) is 3.87. The van der Waals surface area contributed by atoms with Crippen molar-refractivity contribution in [3.8, 4) is 0 Å². The van der Waals surface area contributed by atoms with Gasteiger partial charge in [-0.05, 0) is 25.7 Å². The minimum absolute atomic E-state index is 0.373. The first kappa shape index (κ1) is 18.6. The number of hydrogen-bond acceptors (Lipinski definition) is 3. The van der Waals surface area contributed by atoms with Crippen LogP contribution >= 0.6 is 0 Å². The molecule has 0 fully saturated rings. The average Bonchev–Trinajstić information content (AvgIpc) is 2.31. The van der Waals surface area contributed by atoms with Gasteiger partial charge in [-0.15, -0.1) is 0 Å². The van der Waals surface area contributed by atoms with E-state index in [0.29, 0.717) is 6.61 Å². The van der Waals surface area contributed by atoms with Crippen LogP contribution in [0, 0.1) is 5.92 Å². The standard InChI is InChI=1S/C9H20O.C4H9NO2/c1-4-6-9(7-5-2)8-10-3;1-3-7-4(6)5-2/h9H,4-8H2,1-3H3;3H2,1-2H3,(H,5,6). The van der Waals surface area contributed by atoms with Crippen LogP contribution in [0.5, 0.6) is 0 Å². The molecule has 0 aliphatic rings. The molecule has 0 aromatic rings. The van der Waals surface area contributed by atoms with Crippen LogP contribution in [0.4, 0.5) is 4.79 Å². The number of methoxy groups -OCH3 is 1. The number of carbonyl (C=O) groups excluding carboxylic acids is 1. The molecule has 0 spiro atoms. The first-order valence-corrected chi connectivity index (χ1v) is 6.49. The smallest absolute Gasteiger partial charge is 0.406 e. The molecule has 0 atom stereocenters. The molecule has 0 rings (SSSR count). The van der Waals surface area contributed by atoms with Crippen LogP contribution in [0.15, 0.2) is 0 Å². The second kappa shape index (κ2) is 15.2. The lowest BCUT2D eigenvalue weighted by Crippen LogP contribution is -2.18. The van der Waals surface area contributed by atoms with Gasteiger partial charge in [-0.25, -0.2) is 4.79 Å². The van der Waals surface area contributed by atoms with Gasteiger partial charge in [0.25, 0.3) is 0 Å². The molecule has 0 aromatic heterocycles. The van der Waals surface area contributed by atoms with E-state index in [0.717, 1.165) is 12.5 Å². The van der Waals surface area contributed by atoms with Crippen molar-refractivity contribution in [2.24, 2.45) is 5.92 Å². The molecule has 0 aliphatic heterocycles. The van der Waals surface area contributed by atoms with Crippen molar-refractivity contribution >= 4 is 6.09 Å². The number of rotatable bonds is 7. The summed E-state index contributed by atoms with van der Waals surface area (Å²) in [6.07, 6.45) is 4.84. The lowest BCUT2D eigenvalue weighted by atomic mass is 10.00. The Morgan fingerprint density at radius 1 is 1.18 bits per heavy atom. The summed E-state index contributed by atoms with van der Waals surface area (Å²) in [6.45, 7) is 7.60. The minimum Gasteiger partial charge on any atom is -0.450 e. The Labute approximate surface area is 106 Å². The van der Waals surface area contributed by atoms with E-state index in [9.17, 15) is 4.79 Å². The molecule has 0 radical (unpaired) electrons. The summed E-state index contributed by atoms with van der Waals surface area (Å²) in [4.78, 5) is 10.1. The van der Waals surface area contributed by atoms with Crippen LogP contribution in [0.25, 0.3) is 0 Å². The highest BCUT2D eigenvalue weighted by Gasteiger charge is 2.04. The zero-order valence-corrected chi connectivity index (χ0v) is 12.0. The van der Waals surface area contributed by atoms with Crippen molar-refractivity contribution in [1.29, 1.82) is 0 Å². The highest BCUT2D eigenvalue weighted by molar-refractivity contribution is 5.66. The maximum absolute atomic E-state index is 10.1. The molecule has 4 heteroatoms. The molecule has 104 valence electrons. The molecule has 1 N–H and O–H groups in total. The second-order valence-electron chi connectivity index (χ2n) is 3.87. The summed E-state index contributed by atoms with van der Waals surface area (Å²) in [6, 6.07) is 0. The molecule has 0 saturated heterocycles. The van der Waals surface area contributed by atoms with Gasteiger partial charge in [0.05, 0.1) is 6.61 Å². The minimum atomic E-state index is -0.373. The summed E-state index contributed by atoms with van der Waals surface area (Å²) < 4.78 is 9.55. The summed E-state index contributed by atoms with van der Waals surface area (Å²) in [7, 11) is 3.32. The molecule has 4 nitrogen and oxygen atoms in total. The van der Waals surface area contributed by atoms with E-state index >= 15 is 0 Å². The molecule has 1 amide bonds. The van der Waals surface area contributed by atoms with E-state index in [4.69, 9.17) is 4.74 Å². The largest absolute Gasteiger partial charge is 0.450 e. The zero-order chi connectivity index (χ0) is 13.5. The highest BCUT2D eigenvalue weighted by Crippen LogP contribution is 2.12. The maximum Gasteiger partial charge on any atom is 0.406 e. The monoisotopic (exact) mass is 247 g/mol. The van der Waals surface area contributed by atoms with E-state index < -0.39 is 0 Å². The van der Waals surface area contributed by atoms with Crippen molar-refractivity contribution in [2.45, 2.75) is 46.5 Å². The van der Waals surface area contributed by atoms with Gasteiger partial charge in [0.15, 0.2) is 0 Å². The average molecular weight is 247 g/mol. The Hall–Kier alpha value is -0.770. The summed E-state index contributed by atoms with van der Waals surface area (Å²) in [5, 5.41) is 2.30. The van der Waals surface area contributed by atoms with Crippen LogP contribution in [0.3, 0.4) is 0 Å². The Morgan fingerprint density at radius 2 is 1.71 bits per heavy atom. The fourth-order valence-corrected chi connectivity index (χ4v) is 1.57. The fourth-order valence-electron chi connectivity index (χ4n) is 1.57. The van der Waals surface area contributed by atoms with E-state index in [1.165, 1.54) is 32.7 Å². The van der Waals surface area contributed by atoms with Crippen LogP contribution in [-0.4, -0.2) is 33.5 Å². The van der Waals surface area contributed by atoms with E-state index in [1.807, 2.05) is 0 Å². The van der Waals surface area contributed by atoms with Crippen molar-refractivity contribution in [3.63, 3.8) is 0 Å². The molecule has 17 heavy (non-hydrogen) atoms. The molecular formula is C13H29NO3. The quantitative estimate of drug-likeness (QED) is 0.751. The topological polar surface area (TPSA) is 47.6 Å². The third-order valence-corrected chi connectivity index (χ3v) is 2.28. The first-order chi connectivity index (χ1) is 8.15. The number of amides is 1. The lowest BCUT2D eigenvalue weighted by Gasteiger charge is -2.12. The number of ether oxygens (including phenoxy) is 2. The molecule has 0 bridgehead atoms. The number of nitrogens with one attached hydrogen (secondary N) is 1. The summed E-state index contributed by atoms with van der Waals surface area (Å²) >= 11 is 0. The Morgan fingerprint density at radius 3 is 1.94 bits per heavy atom. The van der Waals surface area contributed by atoms with Gasteiger partial charge in [0, 0.05) is 20.8 Å². The predicted molar refractivity (Wildman–Crippen MR) is 71.3 cm³/mol. The Bertz CT molecular complexity index is 148. The van der Waals surface area contributed by atoms with E-state index in [-0.39, 0.29) is 6.09 Å². The van der Waals surface area contributed by atoms with Crippen LogP contribution in [-0.2, 0) is 9.47 Å². The van der Waals surface area contributed by atoms with Crippen LogP contribution < -0.4 is 5.32 Å². The SMILES string of the molecule is CCCC(CCC)COC.CCOC(=O)NC. The third kappa shape index (κ3) is 15.2. The molecular weight excluding hydrogens is 218 g/mol. The number of carbonyl (C=O) groups is 1. The van der Waals surface area contributed by atoms with Gasteiger partial charge in [-0.2, -0.15) is 0 Å².